The van der Waals surface area contributed by atoms with E-state index in [0.717, 1.165) is 62.2 Å². The number of aryl methyl sites for hydroxylation is 1. The number of pyridine rings is 1. The van der Waals surface area contributed by atoms with Crippen molar-refractivity contribution in [3.05, 3.63) is 126 Å². The number of hydrogen-bond acceptors (Lipinski definition) is 1. The van der Waals surface area contributed by atoms with Crippen LogP contribution in [0.15, 0.2) is 121 Å². The van der Waals surface area contributed by atoms with Gasteiger partial charge in [-0.05, 0) is 66.6 Å². The number of halogens is 2. The van der Waals surface area contributed by atoms with Crippen LogP contribution in [0.5, 0.6) is 0 Å². The summed E-state index contributed by atoms with van der Waals surface area (Å²) >= 11 is 6.26. The largest absolute Gasteiger partial charge is 1.00 e. The molecule has 182 valence electrons. The maximum absolute atomic E-state index is 6.26. The molecule has 0 bridgehead atoms. The summed E-state index contributed by atoms with van der Waals surface area (Å²) in [5.41, 5.74) is 8.60. The van der Waals surface area contributed by atoms with Gasteiger partial charge in [0, 0.05) is 10.6 Å². The molecule has 0 saturated carbocycles. The van der Waals surface area contributed by atoms with E-state index in [0.29, 0.717) is 0 Å². The highest BCUT2D eigenvalue weighted by Gasteiger charge is 2.28. The molecule has 0 saturated heterocycles. The Bertz CT molecular complexity index is 1600. The highest BCUT2D eigenvalue weighted by molar-refractivity contribution is 6.30. The fraction of sp³-hybridized carbons (Fsp3) is 0.0625. The Morgan fingerprint density at radius 1 is 0.676 bits per heavy atom. The molecule has 37 heavy (non-hydrogen) atoms. The van der Waals surface area contributed by atoms with Crippen LogP contribution < -0.4 is 28.5 Å². The zero-order chi connectivity index (χ0) is 24.5. The summed E-state index contributed by atoms with van der Waals surface area (Å²) < 4.78 is 4.64. The standard InChI is InChI=1S/C32H25ClN3.HI/c1-2-35-30-15-9-10-16-31(30)36(27-19-17-26(33)18-20-27)32(35)29-22-25(23-11-5-3-6-12-23)21-28(34-29)24-13-7-4-8-14-24;/h3-22H,2H2,1H3;1H/q+1;/p-1. The molecule has 2 heterocycles. The summed E-state index contributed by atoms with van der Waals surface area (Å²) in [6, 6.07) is 41.8. The van der Waals surface area contributed by atoms with Gasteiger partial charge in [-0.3, -0.25) is 0 Å². The highest BCUT2D eigenvalue weighted by atomic mass is 127. The van der Waals surface area contributed by atoms with Gasteiger partial charge >= 0.3 is 5.82 Å². The maximum atomic E-state index is 6.26. The number of para-hydroxylation sites is 2. The summed E-state index contributed by atoms with van der Waals surface area (Å²) in [5, 5.41) is 0.718. The fourth-order valence-electron chi connectivity index (χ4n) is 4.85. The van der Waals surface area contributed by atoms with Crippen LogP contribution in [0.1, 0.15) is 6.92 Å². The van der Waals surface area contributed by atoms with E-state index >= 15 is 0 Å². The minimum absolute atomic E-state index is 0. The van der Waals surface area contributed by atoms with Crippen molar-refractivity contribution >= 4 is 22.6 Å². The molecular weight excluding hydrogens is 589 g/mol. The van der Waals surface area contributed by atoms with Crippen molar-refractivity contribution in [2.24, 2.45) is 0 Å². The molecular formula is C32H25ClIN3. The molecule has 2 aromatic heterocycles. The van der Waals surface area contributed by atoms with Gasteiger partial charge in [-0.25, -0.2) is 9.55 Å². The van der Waals surface area contributed by atoms with Gasteiger partial charge in [-0.15, -0.1) is 0 Å². The Kier molecular flexibility index (Phi) is 7.40. The van der Waals surface area contributed by atoms with Crippen LogP contribution in [0.2, 0.25) is 5.02 Å². The Balaban J connectivity index is 0.00000280. The van der Waals surface area contributed by atoms with E-state index < -0.39 is 0 Å². The van der Waals surface area contributed by atoms with Crippen LogP contribution in [0.25, 0.3) is 50.6 Å². The van der Waals surface area contributed by atoms with Gasteiger partial charge in [0.25, 0.3) is 0 Å². The van der Waals surface area contributed by atoms with Gasteiger partial charge in [0.15, 0.2) is 16.7 Å². The van der Waals surface area contributed by atoms with E-state index in [1.54, 1.807) is 0 Å². The fourth-order valence-corrected chi connectivity index (χ4v) is 4.98. The number of hydrogen-bond donors (Lipinski definition) is 0. The lowest BCUT2D eigenvalue weighted by Crippen LogP contribution is -3.00. The number of imidazole rings is 1. The second-order valence-corrected chi connectivity index (χ2v) is 9.16. The van der Waals surface area contributed by atoms with Crippen LogP contribution in [0.3, 0.4) is 0 Å². The lowest BCUT2D eigenvalue weighted by atomic mass is 10.0. The summed E-state index contributed by atoms with van der Waals surface area (Å²) in [6.45, 7) is 3.00. The molecule has 0 spiro atoms. The molecule has 0 atom stereocenters. The highest BCUT2D eigenvalue weighted by Crippen LogP contribution is 2.32. The molecule has 6 rings (SSSR count). The minimum Gasteiger partial charge on any atom is -1.00 e. The average molecular weight is 614 g/mol. The van der Waals surface area contributed by atoms with E-state index in [4.69, 9.17) is 16.6 Å². The van der Waals surface area contributed by atoms with E-state index in [2.05, 4.69) is 113 Å². The molecule has 0 fully saturated rings. The molecule has 6 aromatic rings. The van der Waals surface area contributed by atoms with Crippen LogP contribution >= 0.6 is 11.6 Å². The van der Waals surface area contributed by atoms with Crippen molar-refractivity contribution in [2.45, 2.75) is 13.5 Å². The molecule has 0 N–H and O–H groups in total. The first kappa shape index (κ1) is 25.2. The van der Waals surface area contributed by atoms with Gasteiger partial charge in [-0.2, -0.15) is 4.57 Å². The normalized spacial score (nSPS) is 10.9. The molecule has 5 heteroatoms. The van der Waals surface area contributed by atoms with Crippen molar-refractivity contribution in [2.75, 3.05) is 0 Å². The topological polar surface area (TPSA) is 21.7 Å². The van der Waals surface area contributed by atoms with E-state index in [-0.39, 0.29) is 24.0 Å². The second-order valence-electron chi connectivity index (χ2n) is 8.73. The Morgan fingerprint density at radius 2 is 1.27 bits per heavy atom. The van der Waals surface area contributed by atoms with Gasteiger partial charge in [0.05, 0.1) is 12.2 Å². The lowest BCUT2D eigenvalue weighted by Gasteiger charge is -2.10. The Hall–Kier alpha value is -3.48. The molecule has 4 aromatic carbocycles. The Morgan fingerprint density at radius 3 is 1.95 bits per heavy atom. The Labute approximate surface area is 239 Å². The third kappa shape index (κ3) is 4.79. The van der Waals surface area contributed by atoms with Crippen molar-refractivity contribution < 1.29 is 28.5 Å². The van der Waals surface area contributed by atoms with Gasteiger partial charge in [0.2, 0.25) is 0 Å². The molecule has 0 aliphatic heterocycles. The predicted molar refractivity (Wildman–Crippen MR) is 148 cm³/mol. The number of fused-ring (bicyclic) bond motifs is 1. The van der Waals surface area contributed by atoms with Crippen LogP contribution in [0, 0.1) is 0 Å². The second kappa shape index (κ2) is 10.9. The van der Waals surface area contributed by atoms with Crippen LogP contribution in [-0.2, 0) is 6.54 Å². The van der Waals surface area contributed by atoms with Gasteiger partial charge in [0.1, 0.15) is 5.69 Å². The summed E-state index contributed by atoms with van der Waals surface area (Å²) in [5.74, 6) is 1.04. The zero-order valence-corrected chi connectivity index (χ0v) is 23.3. The average Bonchev–Trinajstić information content (AvgIpc) is 3.28. The number of nitrogens with zero attached hydrogens (tertiary/aromatic N) is 3. The first-order chi connectivity index (χ1) is 17.7. The van der Waals surface area contributed by atoms with E-state index in [1.807, 2.05) is 24.3 Å². The smallest absolute Gasteiger partial charge is 0.314 e. The molecule has 0 unspecified atom stereocenters. The summed E-state index contributed by atoms with van der Waals surface area (Å²) in [4.78, 5) is 5.24. The lowest BCUT2D eigenvalue weighted by molar-refractivity contribution is -0.657. The molecule has 3 nitrogen and oxygen atoms in total. The number of benzene rings is 4. The monoisotopic (exact) mass is 613 g/mol. The molecule has 0 aliphatic carbocycles. The SMILES string of the molecule is CC[n+]1c(-c2cc(-c3ccccc3)cc(-c3ccccc3)n2)n(-c2ccc(Cl)cc2)c2ccccc21.[I-]. The first-order valence-corrected chi connectivity index (χ1v) is 12.5. The first-order valence-electron chi connectivity index (χ1n) is 12.2. The zero-order valence-electron chi connectivity index (χ0n) is 20.4. The summed E-state index contributed by atoms with van der Waals surface area (Å²) in [6.07, 6.45) is 0. The van der Waals surface area contributed by atoms with Crippen LogP contribution in [-0.4, -0.2) is 9.55 Å². The quantitative estimate of drug-likeness (QED) is 0.198. The molecule has 0 amide bonds. The summed E-state index contributed by atoms with van der Waals surface area (Å²) in [7, 11) is 0. The van der Waals surface area contributed by atoms with E-state index in [9.17, 15) is 0 Å². The van der Waals surface area contributed by atoms with Gasteiger partial charge in [-0.1, -0.05) is 84.4 Å². The van der Waals surface area contributed by atoms with Crippen molar-refractivity contribution in [1.29, 1.82) is 0 Å². The van der Waals surface area contributed by atoms with Crippen molar-refractivity contribution in [3.8, 4) is 39.6 Å². The number of aromatic nitrogens is 3. The maximum Gasteiger partial charge on any atom is 0.314 e. The molecule has 0 aliphatic rings. The van der Waals surface area contributed by atoms with Crippen molar-refractivity contribution in [1.82, 2.24) is 9.55 Å². The third-order valence-corrected chi connectivity index (χ3v) is 6.77. The number of rotatable bonds is 5. The third-order valence-electron chi connectivity index (χ3n) is 6.51. The predicted octanol–water partition coefficient (Wildman–Crippen LogP) is 4.99. The van der Waals surface area contributed by atoms with Crippen LogP contribution in [0.4, 0.5) is 0 Å². The molecule has 0 radical (unpaired) electrons. The van der Waals surface area contributed by atoms with Gasteiger partial charge < -0.3 is 24.0 Å². The van der Waals surface area contributed by atoms with E-state index in [1.165, 1.54) is 0 Å². The minimum atomic E-state index is 0. The van der Waals surface area contributed by atoms with Crippen molar-refractivity contribution in [3.63, 3.8) is 0 Å².